The third kappa shape index (κ3) is 3.79. The van der Waals surface area contributed by atoms with E-state index in [1.807, 2.05) is 6.07 Å². The zero-order valence-corrected chi connectivity index (χ0v) is 14.6. The van der Waals surface area contributed by atoms with Crippen molar-refractivity contribution >= 4 is 17.6 Å². The Labute approximate surface area is 152 Å². The quantitative estimate of drug-likeness (QED) is 0.855. The molecule has 0 unspecified atom stereocenters. The van der Waals surface area contributed by atoms with Gasteiger partial charge in [0, 0.05) is 36.0 Å². The van der Waals surface area contributed by atoms with Crippen molar-refractivity contribution in [3.05, 3.63) is 53.7 Å². The smallest absolute Gasteiger partial charge is 0.253 e. The van der Waals surface area contributed by atoms with E-state index >= 15 is 0 Å². The number of pyridine rings is 1. The third-order valence-electron chi connectivity index (χ3n) is 4.69. The van der Waals surface area contributed by atoms with Crippen molar-refractivity contribution in [2.24, 2.45) is 11.7 Å². The molecule has 2 N–H and O–H groups in total. The number of aromatic nitrogens is 1. The maximum atomic E-state index is 12.8. The van der Waals surface area contributed by atoms with Crippen molar-refractivity contribution in [1.82, 2.24) is 9.88 Å². The maximum absolute atomic E-state index is 12.8. The van der Waals surface area contributed by atoms with Crippen LogP contribution in [0.15, 0.2) is 42.6 Å². The molecule has 2 heterocycles. The van der Waals surface area contributed by atoms with Gasteiger partial charge in [0.15, 0.2) is 5.78 Å². The maximum Gasteiger partial charge on any atom is 0.253 e. The van der Waals surface area contributed by atoms with E-state index in [0.717, 1.165) is 18.4 Å². The van der Waals surface area contributed by atoms with E-state index in [4.69, 9.17) is 5.73 Å². The SMILES string of the molecule is CC(=O)c1ccc(-c2cccc(C(=O)N3CCC[C@H](C(N)=O)C3)c2)nc1. The number of hydrogen-bond donors (Lipinski definition) is 1. The Kier molecular flexibility index (Phi) is 5.11. The molecule has 6 heteroatoms. The first-order valence-corrected chi connectivity index (χ1v) is 8.61. The van der Waals surface area contributed by atoms with Crippen molar-refractivity contribution in [2.45, 2.75) is 19.8 Å². The van der Waals surface area contributed by atoms with E-state index in [1.165, 1.54) is 13.1 Å². The van der Waals surface area contributed by atoms with Gasteiger partial charge in [-0.3, -0.25) is 19.4 Å². The van der Waals surface area contributed by atoms with E-state index in [0.29, 0.717) is 29.9 Å². The highest BCUT2D eigenvalue weighted by molar-refractivity contribution is 5.96. The second-order valence-electron chi connectivity index (χ2n) is 6.56. The van der Waals surface area contributed by atoms with E-state index in [9.17, 15) is 14.4 Å². The van der Waals surface area contributed by atoms with Crippen LogP contribution in [0.25, 0.3) is 11.3 Å². The van der Waals surface area contributed by atoms with E-state index in [2.05, 4.69) is 4.98 Å². The Bertz CT molecular complexity index is 846. The predicted molar refractivity (Wildman–Crippen MR) is 97.5 cm³/mol. The number of Topliss-reactive ketones (excluding diaryl/α,β-unsaturated/α-hetero) is 1. The van der Waals surface area contributed by atoms with Gasteiger partial charge in [-0.15, -0.1) is 0 Å². The van der Waals surface area contributed by atoms with Crippen molar-refractivity contribution in [3.63, 3.8) is 0 Å². The highest BCUT2D eigenvalue weighted by atomic mass is 16.2. The molecular formula is C20H21N3O3. The molecule has 1 fully saturated rings. The normalized spacial score (nSPS) is 17.0. The fraction of sp³-hybridized carbons (Fsp3) is 0.300. The van der Waals surface area contributed by atoms with Crippen LogP contribution >= 0.6 is 0 Å². The number of nitrogens with zero attached hydrogens (tertiary/aromatic N) is 2. The Morgan fingerprint density at radius 2 is 1.96 bits per heavy atom. The topological polar surface area (TPSA) is 93.4 Å². The summed E-state index contributed by atoms with van der Waals surface area (Å²) < 4.78 is 0. The van der Waals surface area contributed by atoms with Crippen LogP contribution in [0.2, 0.25) is 0 Å². The lowest BCUT2D eigenvalue weighted by atomic mass is 9.96. The van der Waals surface area contributed by atoms with Crippen LogP contribution in [0.1, 0.15) is 40.5 Å². The summed E-state index contributed by atoms with van der Waals surface area (Å²) in [6, 6.07) is 10.7. The Hall–Kier alpha value is -3.02. The summed E-state index contributed by atoms with van der Waals surface area (Å²) in [5.74, 6) is -0.789. The summed E-state index contributed by atoms with van der Waals surface area (Å²) in [5.41, 5.74) is 7.98. The molecule has 0 saturated carbocycles. The van der Waals surface area contributed by atoms with Crippen LogP contribution in [0.4, 0.5) is 0 Å². The summed E-state index contributed by atoms with van der Waals surface area (Å²) in [5, 5.41) is 0. The number of amides is 2. The fourth-order valence-electron chi connectivity index (χ4n) is 3.16. The van der Waals surface area contributed by atoms with Crippen molar-refractivity contribution in [1.29, 1.82) is 0 Å². The molecule has 1 aromatic carbocycles. The number of likely N-dealkylation sites (tertiary alicyclic amines) is 1. The summed E-state index contributed by atoms with van der Waals surface area (Å²) in [6.07, 6.45) is 3.03. The lowest BCUT2D eigenvalue weighted by Gasteiger charge is -2.31. The number of nitrogens with two attached hydrogens (primary N) is 1. The Morgan fingerprint density at radius 3 is 2.62 bits per heavy atom. The number of benzene rings is 1. The molecule has 26 heavy (non-hydrogen) atoms. The number of hydrogen-bond acceptors (Lipinski definition) is 4. The lowest BCUT2D eigenvalue weighted by Crippen LogP contribution is -2.44. The van der Waals surface area contributed by atoms with Crippen molar-refractivity contribution in [2.75, 3.05) is 13.1 Å². The van der Waals surface area contributed by atoms with Gasteiger partial charge in [-0.2, -0.15) is 0 Å². The molecule has 1 aliphatic heterocycles. The van der Waals surface area contributed by atoms with Gasteiger partial charge in [-0.05, 0) is 44.0 Å². The minimum absolute atomic E-state index is 0.0397. The average Bonchev–Trinajstić information content (AvgIpc) is 2.67. The van der Waals surface area contributed by atoms with Gasteiger partial charge < -0.3 is 10.6 Å². The standard InChI is InChI=1S/C20H21N3O3/c1-13(24)16-7-8-18(22-11-16)14-4-2-5-15(10-14)20(26)23-9-3-6-17(12-23)19(21)25/h2,4-5,7-8,10-11,17H,3,6,9,12H2,1H3,(H2,21,25)/t17-/m0/s1. The van der Waals surface area contributed by atoms with Crippen molar-refractivity contribution in [3.8, 4) is 11.3 Å². The summed E-state index contributed by atoms with van der Waals surface area (Å²) in [4.78, 5) is 41.6. The molecule has 6 nitrogen and oxygen atoms in total. The molecule has 3 rings (SSSR count). The predicted octanol–water partition coefficient (Wildman–Crippen LogP) is 2.29. The van der Waals surface area contributed by atoms with E-state index in [1.54, 1.807) is 35.2 Å². The minimum Gasteiger partial charge on any atom is -0.369 e. The molecule has 2 amide bonds. The van der Waals surface area contributed by atoms with Gasteiger partial charge >= 0.3 is 0 Å². The lowest BCUT2D eigenvalue weighted by molar-refractivity contribution is -0.123. The van der Waals surface area contributed by atoms with Gasteiger partial charge in [0.1, 0.15) is 0 Å². The fourth-order valence-corrected chi connectivity index (χ4v) is 3.16. The minimum atomic E-state index is -0.356. The van der Waals surface area contributed by atoms with Crippen LogP contribution in [0, 0.1) is 5.92 Å². The highest BCUT2D eigenvalue weighted by Crippen LogP contribution is 2.22. The third-order valence-corrected chi connectivity index (χ3v) is 4.69. The Morgan fingerprint density at radius 1 is 1.15 bits per heavy atom. The first-order chi connectivity index (χ1) is 12.5. The molecule has 1 aromatic heterocycles. The van der Waals surface area contributed by atoms with Gasteiger partial charge in [0.25, 0.3) is 5.91 Å². The van der Waals surface area contributed by atoms with Crippen LogP contribution in [0.5, 0.6) is 0 Å². The second kappa shape index (κ2) is 7.47. The molecule has 0 aliphatic carbocycles. The monoisotopic (exact) mass is 351 g/mol. The molecule has 134 valence electrons. The second-order valence-corrected chi connectivity index (χ2v) is 6.56. The molecule has 2 aromatic rings. The zero-order valence-electron chi connectivity index (χ0n) is 14.6. The van der Waals surface area contributed by atoms with Crippen LogP contribution in [-0.4, -0.2) is 40.6 Å². The van der Waals surface area contributed by atoms with Gasteiger partial charge in [-0.1, -0.05) is 12.1 Å². The summed E-state index contributed by atoms with van der Waals surface area (Å²) >= 11 is 0. The largest absolute Gasteiger partial charge is 0.369 e. The Balaban J connectivity index is 1.81. The average molecular weight is 351 g/mol. The molecule has 1 atom stereocenters. The van der Waals surface area contributed by atoms with Crippen molar-refractivity contribution < 1.29 is 14.4 Å². The van der Waals surface area contributed by atoms with E-state index < -0.39 is 0 Å². The van der Waals surface area contributed by atoms with Gasteiger partial charge in [0.2, 0.25) is 5.91 Å². The number of primary amides is 1. The number of carbonyl (C=O) groups excluding carboxylic acids is 3. The molecule has 0 spiro atoms. The molecule has 0 radical (unpaired) electrons. The van der Waals surface area contributed by atoms with Crippen LogP contribution < -0.4 is 5.73 Å². The zero-order chi connectivity index (χ0) is 18.7. The van der Waals surface area contributed by atoms with Crippen LogP contribution in [-0.2, 0) is 4.79 Å². The molecule has 0 bridgehead atoms. The van der Waals surface area contributed by atoms with E-state index in [-0.39, 0.29) is 23.5 Å². The molecular weight excluding hydrogens is 330 g/mol. The first-order valence-electron chi connectivity index (χ1n) is 8.61. The van der Waals surface area contributed by atoms with Gasteiger partial charge in [-0.25, -0.2) is 0 Å². The number of piperidine rings is 1. The number of ketones is 1. The van der Waals surface area contributed by atoms with Crippen LogP contribution in [0.3, 0.4) is 0 Å². The molecule has 1 saturated heterocycles. The summed E-state index contributed by atoms with van der Waals surface area (Å²) in [7, 11) is 0. The highest BCUT2D eigenvalue weighted by Gasteiger charge is 2.27. The summed E-state index contributed by atoms with van der Waals surface area (Å²) in [6.45, 7) is 2.48. The van der Waals surface area contributed by atoms with Gasteiger partial charge in [0.05, 0.1) is 11.6 Å². The molecule has 1 aliphatic rings. The first kappa shape index (κ1) is 17.8. The number of rotatable bonds is 4. The number of carbonyl (C=O) groups is 3.